The van der Waals surface area contributed by atoms with E-state index in [1.807, 2.05) is 20.8 Å². The van der Waals surface area contributed by atoms with Gasteiger partial charge in [0.1, 0.15) is 5.60 Å². The Kier molecular flexibility index (Phi) is 8.76. The van der Waals surface area contributed by atoms with E-state index in [4.69, 9.17) is 15.6 Å². The van der Waals surface area contributed by atoms with E-state index in [9.17, 15) is 9.59 Å². The van der Waals surface area contributed by atoms with Gasteiger partial charge < -0.3 is 25.8 Å². The lowest BCUT2D eigenvalue weighted by Crippen LogP contribution is -2.41. The molecule has 0 aromatic heterocycles. The number of carbonyl (C=O) groups is 2. The van der Waals surface area contributed by atoms with Crippen LogP contribution in [0.4, 0.5) is 9.59 Å². The molecule has 4 N–H and O–H groups in total. The highest BCUT2D eigenvalue weighted by molar-refractivity contribution is 5.68. The van der Waals surface area contributed by atoms with E-state index in [0.717, 1.165) is 12.8 Å². The van der Waals surface area contributed by atoms with E-state index in [1.54, 1.807) is 11.8 Å². The largest absolute Gasteiger partial charge is 0.465 e. The molecule has 0 radical (unpaired) electrons. The second-order valence-electron chi connectivity index (χ2n) is 6.10. The van der Waals surface area contributed by atoms with Crippen LogP contribution in [0.15, 0.2) is 0 Å². The molecule has 0 aromatic carbocycles. The molecule has 1 atom stereocenters. The molecule has 7 nitrogen and oxygen atoms in total. The number of nitrogens with two attached hydrogens (primary N) is 1. The minimum atomic E-state index is -1.06. The predicted molar refractivity (Wildman–Crippen MR) is 81.3 cm³/mol. The van der Waals surface area contributed by atoms with Crippen LogP contribution in [0.1, 0.15) is 47.0 Å². The van der Waals surface area contributed by atoms with Crippen LogP contribution in [0.5, 0.6) is 0 Å². The predicted octanol–water partition coefficient (Wildman–Crippen LogP) is 2.01. The molecular weight excluding hydrogens is 274 g/mol. The number of carbonyl (C=O) groups excluding carboxylic acids is 1. The molecule has 0 aliphatic heterocycles. The average molecular weight is 303 g/mol. The number of hydrogen-bond acceptors (Lipinski definition) is 4. The van der Waals surface area contributed by atoms with Gasteiger partial charge in [-0.25, -0.2) is 9.59 Å². The van der Waals surface area contributed by atoms with Crippen molar-refractivity contribution in [3.05, 3.63) is 0 Å². The van der Waals surface area contributed by atoms with E-state index >= 15 is 0 Å². The number of nitrogens with one attached hydrogen (secondary N) is 1. The van der Waals surface area contributed by atoms with Crippen molar-refractivity contribution in [3.63, 3.8) is 0 Å². The normalized spacial score (nSPS) is 12.6. The van der Waals surface area contributed by atoms with E-state index in [0.29, 0.717) is 26.1 Å². The Bertz CT molecular complexity index is 329. The second-order valence-corrected chi connectivity index (χ2v) is 6.10. The number of nitrogens with zero attached hydrogens (tertiary/aromatic N) is 1. The van der Waals surface area contributed by atoms with Gasteiger partial charge in [0.2, 0.25) is 0 Å². The van der Waals surface area contributed by atoms with E-state index in [-0.39, 0.29) is 12.1 Å². The first-order valence-corrected chi connectivity index (χ1v) is 7.33. The quantitative estimate of drug-likeness (QED) is 0.595. The van der Waals surface area contributed by atoms with E-state index in [2.05, 4.69) is 5.32 Å². The summed E-state index contributed by atoms with van der Waals surface area (Å²) in [6.07, 6.45) is 0.740. The maximum absolute atomic E-state index is 12.1. The Morgan fingerprint density at radius 3 is 2.38 bits per heavy atom. The van der Waals surface area contributed by atoms with Crippen LogP contribution in [0.25, 0.3) is 0 Å². The van der Waals surface area contributed by atoms with Crippen molar-refractivity contribution in [2.24, 2.45) is 5.73 Å². The van der Waals surface area contributed by atoms with Gasteiger partial charge in [0, 0.05) is 19.1 Å². The summed E-state index contributed by atoms with van der Waals surface area (Å²) in [7, 11) is 0. The fourth-order valence-electron chi connectivity index (χ4n) is 1.70. The highest BCUT2D eigenvalue weighted by atomic mass is 16.6. The Labute approximate surface area is 126 Å². The zero-order valence-corrected chi connectivity index (χ0v) is 13.5. The topological polar surface area (TPSA) is 105 Å². The molecule has 0 saturated carbocycles. The Balaban J connectivity index is 4.44. The van der Waals surface area contributed by atoms with Crippen molar-refractivity contribution in [1.29, 1.82) is 0 Å². The zero-order valence-electron chi connectivity index (χ0n) is 13.5. The molecule has 0 aromatic rings. The van der Waals surface area contributed by atoms with Crippen LogP contribution in [0.3, 0.4) is 0 Å². The van der Waals surface area contributed by atoms with Crippen molar-refractivity contribution in [2.45, 2.75) is 58.6 Å². The smallest absolute Gasteiger partial charge is 0.410 e. The van der Waals surface area contributed by atoms with Crippen LogP contribution in [0, 0.1) is 0 Å². The number of unbranched alkanes of at least 4 members (excludes halogenated alkanes) is 1. The molecule has 0 spiro atoms. The summed E-state index contributed by atoms with van der Waals surface area (Å²) in [5.41, 5.74) is 4.91. The maximum atomic E-state index is 12.1. The third-order valence-electron chi connectivity index (χ3n) is 2.74. The number of hydrogen-bond donors (Lipinski definition) is 3. The van der Waals surface area contributed by atoms with Gasteiger partial charge in [0.15, 0.2) is 0 Å². The standard InChI is InChI=1S/C14H29N3O4/c1-11(16-12(18)19)7-10-17(9-6-5-8-15)13(20)21-14(2,3)4/h11,16H,5-10,15H2,1-4H3,(H,18,19)/t11-/m1/s1. The molecule has 0 unspecified atom stereocenters. The lowest BCUT2D eigenvalue weighted by molar-refractivity contribution is 0.0242. The molecule has 21 heavy (non-hydrogen) atoms. The summed E-state index contributed by atoms with van der Waals surface area (Å²) in [6.45, 7) is 8.81. The fourth-order valence-corrected chi connectivity index (χ4v) is 1.70. The lowest BCUT2D eigenvalue weighted by Gasteiger charge is -2.28. The number of amides is 2. The molecule has 0 rings (SSSR count). The van der Waals surface area contributed by atoms with Crippen LogP contribution in [-0.4, -0.2) is 53.5 Å². The maximum Gasteiger partial charge on any atom is 0.410 e. The third-order valence-corrected chi connectivity index (χ3v) is 2.74. The number of carboxylic acid groups (broad SMARTS) is 1. The first-order valence-electron chi connectivity index (χ1n) is 7.33. The van der Waals surface area contributed by atoms with Gasteiger partial charge in [-0.1, -0.05) is 0 Å². The third kappa shape index (κ3) is 10.9. The summed E-state index contributed by atoms with van der Waals surface area (Å²) in [5.74, 6) is 0. The monoisotopic (exact) mass is 303 g/mol. The lowest BCUT2D eigenvalue weighted by atomic mass is 10.2. The molecule has 7 heteroatoms. The molecule has 0 aliphatic rings. The molecule has 0 fully saturated rings. The molecule has 124 valence electrons. The summed E-state index contributed by atoms with van der Waals surface area (Å²) in [4.78, 5) is 24.3. The van der Waals surface area contributed by atoms with Gasteiger partial charge in [-0.15, -0.1) is 0 Å². The van der Waals surface area contributed by atoms with Crippen molar-refractivity contribution in [1.82, 2.24) is 10.2 Å². The van der Waals surface area contributed by atoms with Crippen molar-refractivity contribution in [3.8, 4) is 0 Å². The molecular formula is C14H29N3O4. The second kappa shape index (κ2) is 9.44. The van der Waals surface area contributed by atoms with Crippen molar-refractivity contribution < 1.29 is 19.4 Å². The average Bonchev–Trinajstić information content (AvgIpc) is 2.30. The van der Waals surface area contributed by atoms with Crippen molar-refractivity contribution >= 4 is 12.2 Å². The zero-order chi connectivity index (χ0) is 16.5. The minimum Gasteiger partial charge on any atom is -0.465 e. The SMILES string of the molecule is C[C@H](CCN(CCCCN)C(=O)OC(C)(C)C)NC(=O)O. The van der Waals surface area contributed by atoms with Gasteiger partial charge in [0.05, 0.1) is 0 Å². The highest BCUT2D eigenvalue weighted by Crippen LogP contribution is 2.11. The molecule has 0 bridgehead atoms. The minimum absolute atomic E-state index is 0.220. The van der Waals surface area contributed by atoms with Crippen LogP contribution < -0.4 is 11.1 Å². The Morgan fingerprint density at radius 2 is 1.90 bits per heavy atom. The van der Waals surface area contributed by atoms with Crippen LogP contribution in [0.2, 0.25) is 0 Å². The van der Waals surface area contributed by atoms with Crippen LogP contribution in [-0.2, 0) is 4.74 Å². The van der Waals surface area contributed by atoms with E-state index < -0.39 is 11.7 Å². The number of ether oxygens (including phenoxy) is 1. The molecule has 0 aliphatic carbocycles. The summed E-state index contributed by atoms with van der Waals surface area (Å²) in [6, 6.07) is -0.220. The van der Waals surface area contributed by atoms with Crippen molar-refractivity contribution in [2.75, 3.05) is 19.6 Å². The van der Waals surface area contributed by atoms with Gasteiger partial charge in [-0.3, -0.25) is 0 Å². The summed E-state index contributed by atoms with van der Waals surface area (Å²) >= 11 is 0. The molecule has 0 heterocycles. The first-order chi connectivity index (χ1) is 9.65. The summed E-state index contributed by atoms with van der Waals surface area (Å²) < 4.78 is 5.36. The summed E-state index contributed by atoms with van der Waals surface area (Å²) in [5, 5.41) is 11.0. The van der Waals surface area contributed by atoms with Gasteiger partial charge in [-0.2, -0.15) is 0 Å². The Morgan fingerprint density at radius 1 is 1.29 bits per heavy atom. The highest BCUT2D eigenvalue weighted by Gasteiger charge is 2.22. The molecule has 2 amide bonds. The fraction of sp³-hybridized carbons (Fsp3) is 0.857. The first kappa shape index (κ1) is 19.5. The molecule has 0 saturated heterocycles. The Hall–Kier alpha value is -1.50. The van der Waals surface area contributed by atoms with E-state index in [1.165, 1.54) is 0 Å². The van der Waals surface area contributed by atoms with Gasteiger partial charge in [-0.05, 0) is 53.5 Å². The van der Waals surface area contributed by atoms with Gasteiger partial charge >= 0.3 is 12.2 Å². The van der Waals surface area contributed by atoms with Crippen LogP contribution >= 0.6 is 0 Å². The number of rotatable bonds is 8. The van der Waals surface area contributed by atoms with Gasteiger partial charge in [0.25, 0.3) is 0 Å².